The molecule has 0 atom stereocenters. The Hall–Kier alpha value is -6.06. The van der Waals surface area contributed by atoms with Gasteiger partial charge in [-0.1, -0.05) is 84.9 Å². The molecule has 2 heterocycles. The predicted octanol–water partition coefficient (Wildman–Crippen LogP) is 11.5. The van der Waals surface area contributed by atoms with Crippen LogP contribution in [0.4, 0.5) is 17.1 Å². The van der Waals surface area contributed by atoms with E-state index in [1.54, 1.807) is 0 Å². The van der Waals surface area contributed by atoms with Gasteiger partial charge >= 0.3 is 0 Å². The molecule has 0 unspecified atom stereocenters. The molecule has 0 aliphatic carbocycles. The minimum Gasteiger partial charge on any atom is -0.310 e. The number of nitrogens with zero attached hydrogens (tertiary/aromatic N) is 3. The molecule has 217 valence electrons. The van der Waals surface area contributed by atoms with E-state index in [0.29, 0.717) is 0 Å². The Labute approximate surface area is 267 Å². The number of aromatic nitrogens is 2. The van der Waals surface area contributed by atoms with Crippen molar-refractivity contribution in [2.24, 2.45) is 0 Å². The summed E-state index contributed by atoms with van der Waals surface area (Å²) in [6.07, 6.45) is 0. The molecular weight excluding hydrogens is 558 g/mol. The number of anilines is 3. The van der Waals surface area contributed by atoms with Crippen molar-refractivity contribution < 1.29 is 0 Å². The van der Waals surface area contributed by atoms with Gasteiger partial charge in [-0.05, 0) is 97.4 Å². The van der Waals surface area contributed by atoms with Gasteiger partial charge in [-0.25, -0.2) is 0 Å². The molecule has 9 aromatic rings. The van der Waals surface area contributed by atoms with Gasteiger partial charge in [0.05, 0.1) is 22.1 Å². The summed E-state index contributed by atoms with van der Waals surface area (Å²) in [7, 11) is 0. The van der Waals surface area contributed by atoms with Gasteiger partial charge in [0.1, 0.15) is 0 Å². The zero-order chi connectivity index (χ0) is 30.6. The number of para-hydroxylation sites is 4. The highest BCUT2D eigenvalue weighted by atomic mass is 15.1. The van der Waals surface area contributed by atoms with E-state index in [1.165, 1.54) is 43.6 Å². The zero-order valence-electron chi connectivity index (χ0n) is 25.2. The maximum absolute atomic E-state index is 4.16. The number of rotatable bonds is 5. The van der Waals surface area contributed by atoms with Gasteiger partial charge in [0.2, 0.25) is 0 Å². The van der Waals surface area contributed by atoms with Crippen molar-refractivity contribution in [1.29, 1.82) is 0 Å². The van der Waals surface area contributed by atoms with Crippen molar-refractivity contribution in [1.82, 2.24) is 9.13 Å². The second kappa shape index (κ2) is 10.5. The summed E-state index contributed by atoms with van der Waals surface area (Å²) in [6, 6.07) is 60.8. The van der Waals surface area contributed by atoms with Crippen molar-refractivity contribution in [3.8, 4) is 11.4 Å². The van der Waals surface area contributed by atoms with E-state index >= 15 is 0 Å². The summed E-state index contributed by atoms with van der Waals surface area (Å²) >= 11 is 0. The van der Waals surface area contributed by atoms with Gasteiger partial charge in [-0.2, -0.15) is 0 Å². The molecule has 9 rings (SSSR count). The van der Waals surface area contributed by atoms with Gasteiger partial charge in [0, 0.05) is 50.0 Å². The highest BCUT2D eigenvalue weighted by Crippen LogP contribution is 2.42. The molecule has 0 spiro atoms. The largest absolute Gasteiger partial charge is 0.310 e. The maximum Gasteiger partial charge on any atom is 0.0542 e. The average Bonchev–Trinajstić information content (AvgIpc) is 3.62. The fourth-order valence-corrected chi connectivity index (χ4v) is 7.00. The molecule has 0 saturated carbocycles. The molecule has 7 aromatic carbocycles. The summed E-state index contributed by atoms with van der Waals surface area (Å²) in [4.78, 5) is 2.36. The van der Waals surface area contributed by atoms with Crippen LogP contribution in [0, 0.1) is 6.92 Å². The van der Waals surface area contributed by atoms with Crippen LogP contribution in [0.25, 0.3) is 55.0 Å². The van der Waals surface area contributed by atoms with Crippen LogP contribution in [-0.2, 0) is 0 Å². The van der Waals surface area contributed by atoms with Gasteiger partial charge in [-0.3, -0.25) is 0 Å². The molecular formula is C43H30N3. The Morgan fingerprint density at radius 2 is 0.739 bits per heavy atom. The smallest absolute Gasteiger partial charge is 0.0542 e. The topological polar surface area (TPSA) is 13.1 Å². The summed E-state index contributed by atoms with van der Waals surface area (Å²) < 4.78 is 4.72. The molecule has 0 aliphatic heterocycles. The SMILES string of the molecule is [CH2]c1ccc(N(c2ccc3c(c2)c2ccccc2n3-c2ccccc2)c2ccc3c(c2)c2ccccc2n3-c2ccccc2)cc1. The van der Waals surface area contributed by atoms with Crippen molar-refractivity contribution in [3.05, 3.63) is 182 Å². The quantitative estimate of drug-likeness (QED) is 0.195. The lowest BCUT2D eigenvalue weighted by Crippen LogP contribution is -2.10. The molecule has 3 heteroatoms. The van der Waals surface area contributed by atoms with E-state index in [9.17, 15) is 0 Å². The lowest BCUT2D eigenvalue weighted by atomic mass is 10.1. The van der Waals surface area contributed by atoms with Crippen LogP contribution in [0.5, 0.6) is 0 Å². The highest BCUT2D eigenvalue weighted by molar-refractivity contribution is 6.12. The first-order valence-corrected chi connectivity index (χ1v) is 15.6. The van der Waals surface area contributed by atoms with Gasteiger partial charge in [-0.15, -0.1) is 0 Å². The second-order valence-corrected chi connectivity index (χ2v) is 11.8. The molecule has 0 N–H and O–H groups in total. The molecule has 0 aliphatic rings. The van der Waals surface area contributed by atoms with Crippen molar-refractivity contribution in [2.45, 2.75) is 0 Å². The zero-order valence-corrected chi connectivity index (χ0v) is 25.2. The summed E-state index contributed by atoms with van der Waals surface area (Å²) in [6.45, 7) is 4.16. The normalized spacial score (nSPS) is 11.6. The second-order valence-electron chi connectivity index (χ2n) is 11.8. The van der Waals surface area contributed by atoms with Crippen LogP contribution < -0.4 is 4.90 Å². The third-order valence-electron chi connectivity index (χ3n) is 9.05. The molecule has 46 heavy (non-hydrogen) atoms. The summed E-state index contributed by atoms with van der Waals surface area (Å²) in [5.41, 5.74) is 11.4. The third kappa shape index (κ3) is 4.13. The van der Waals surface area contributed by atoms with E-state index < -0.39 is 0 Å². The Morgan fingerprint density at radius 1 is 0.348 bits per heavy atom. The molecule has 0 bridgehead atoms. The van der Waals surface area contributed by atoms with E-state index in [0.717, 1.165) is 34.0 Å². The van der Waals surface area contributed by atoms with Crippen molar-refractivity contribution in [3.63, 3.8) is 0 Å². The number of fused-ring (bicyclic) bond motifs is 6. The van der Waals surface area contributed by atoms with E-state index in [1.807, 2.05) is 0 Å². The van der Waals surface area contributed by atoms with Gasteiger partial charge in [0.15, 0.2) is 0 Å². The fourth-order valence-electron chi connectivity index (χ4n) is 7.00. The minimum absolute atomic E-state index is 0.992. The lowest BCUT2D eigenvalue weighted by molar-refractivity contribution is 1.18. The molecule has 2 aromatic heterocycles. The van der Waals surface area contributed by atoms with Crippen LogP contribution >= 0.6 is 0 Å². The molecule has 3 nitrogen and oxygen atoms in total. The van der Waals surface area contributed by atoms with E-state index in [4.69, 9.17) is 0 Å². The first-order valence-electron chi connectivity index (χ1n) is 15.6. The Kier molecular flexibility index (Phi) is 6.04. The van der Waals surface area contributed by atoms with Crippen LogP contribution in [0.2, 0.25) is 0 Å². The first-order chi connectivity index (χ1) is 22.7. The van der Waals surface area contributed by atoms with Crippen LogP contribution in [0.15, 0.2) is 170 Å². The van der Waals surface area contributed by atoms with Gasteiger partial charge in [0.25, 0.3) is 0 Å². The third-order valence-corrected chi connectivity index (χ3v) is 9.05. The Balaban J connectivity index is 1.29. The molecule has 0 saturated heterocycles. The first kappa shape index (κ1) is 26.4. The van der Waals surface area contributed by atoms with Crippen LogP contribution in [0.3, 0.4) is 0 Å². The fraction of sp³-hybridized carbons (Fsp3) is 0. The minimum atomic E-state index is 0.992. The van der Waals surface area contributed by atoms with Crippen molar-refractivity contribution >= 4 is 60.7 Å². The standard InChI is InChI=1S/C43H30N3/c1-30-20-22-33(23-21-30)44(34-24-26-42-38(28-34)36-16-8-10-18-40(36)45(42)31-12-4-2-5-13-31)35-25-27-43-39(29-35)37-17-9-11-19-41(37)46(43)32-14-6-3-7-15-32/h2-29H,1H2. The van der Waals surface area contributed by atoms with E-state index in [-0.39, 0.29) is 0 Å². The van der Waals surface area contributed by atoms with E-state index in [2.05, 4.69) is 191 Å². The predicted molar refractivity (Wildman–Crippen MR) is 194 cm³/mol. The van der Waals surface area contributed by atoms with Gasteiger partial charge < -0.3 is 14.0 Å². The lowest BCUT2D eigenvalue weighted by Gasteiger charge is -2.26. The number of benzene rings is 7. The molecule has 0 fully saturated rings. The summed E-state index contributed by atoms with van der Waals surface area (Å²) in [5.74, 6) is 0. The van der Waals surface area contributed by atoms with Crippen LogP contribution in [-0.4, -0.2) is 9.13 Å². The Morgan fingerprint density at radius 3 is 1.22 bits per heavy atom. The Bertz CT molecular complexity index is 2360. The number of hydrogen-bond acceptors (Lipinski definition) is 1. The van der Waals surface area contributed by atoms with Crippen LogP contribution in [0.1, 0.15) is 5.56 Å². The maximum atomic E-state index is 4.16. The molecule has 1 radical (unpaired) electrons. The number of hydrogen-bond donors (Lipinski definition) is 0. The monoisotopic (exact) mass is 588 g/mol. The van der Waals surface area contributed by atoms with Crippen molar-refractivity contribution in [2.75, 3.05) is 4.90 Å². The highest BCUT2D eigenvalue weighted by Gasteiger charge is 2.19. The summed E-state index contributed by atoms with van der Waals surface area (Å²) in [5, 5.41) is 4.91. The average molecular weight is 589 g/mol. The molecule has 0 amide bonds.